The Balaban J connectivity index is 1.44. The summed E-state index contributed by atoms with van der Waals surface area (Å²) in [5.41, 5.74) is 10.6. The molecule has 0 aliphatic heterocycles. The molecule has 0 atom stereocenters. The summed E-state index contributed by atoms with van der Waals surface area (Å²) in [4.78, 5) is 0. The van der Waals surface area contributed by atoms with Gasteiger partial charge in [0.15, 0.2) is 0 Å². The van der Waals surface area contributed by atoms with Gasteiger partial charge in [-0.25, -0.2) is 0 Å². The summed E-state index contributed by atoms with van der Waals surface area (Å²) < 4.78 is 4.70. The van der Waals surface area contributed by atoms with Gasteiger partial charge in [0.05, 0.1) is 16.6 Å². The van der Waals surface area contributed by atoms with E-state index in [4.69, 9.17) is 0 Å². The fourth-order valence-electron chi connectivity index (χ4n) is 5.91. The summed E-state index contributed by atoms with van der Waals surface area (Å²) >= 11 is 0. The molecular weight excluding hydrogens is 472 g/mol. The maximum absolute atomic E-state index is 4.22. The molecule has 0 aliphatic rings. The van der Waals surface area contributed by atoms with Crippen LogP contribution in [0.25, 0.3) is 55.7 Å². The van der Waals surface area contributed by atoms with Crippen LogP contribution in [0.1, 0.15) is 16.8 Å². The summed E-state index contributed by atoms with van der Waals surface area (Å²) in [5.74, 6) is 0. The Hall–Kier alpha value is -5.08. The highest BCUT2D eigenvalue weighted by molar-refractivity contribution is 6.11. The van der Waals surface area contributed by atoms with E-state index in [0.29, 0.717) is 0 Å². The number of para-hydroxylation sites is 4. The summed E-state index contributed by atoms with van der Waals surface area (Å²) in [6, 6.07) is 45.2. The zero-order valence-corrected chi connectivity index (χ0v) is 21.9. The Morgan fingerprint density at radius 2 is 1.10 bits per heavy atom. The number of hydrogen-bond acceptors (Lipinski definition) is 0. The molecule has 186 valence electrons. The highest BCUT2D eigenvalue weighted by Crippen LogP contribution is 2.36. The molecule has 0 N–H and O–H groups in total. The van der Waals surface area contributed by atoms with Gasteiger partial charge in [-0.15, -0.1) is 0 Å². The molecule has 7 rings (SSSR count). The Morgan fingerprint density at radius 3 is 1.77 bits per heavy atom. The van der Waals surface area contributed by atoms with Crippen LogP contribution in [0.4, 0.5) is 0 Å². The third-order valence-corrected chi connectivity index (χ3v) is 7.71. The van der Waals surface area contributed by atoms with Crippen LogP contribution in [0, 0.1) is 6.92 Å². The standard InChI is InChI=1S/C37H28N2/c1-3-27(24-33-26(2)38(29-14-6-4-7-15-29)35-20-12-10-18-31(33)35)28-22-23-37-34(25-28)32-19-11-13-21-36(32)39(37)30-16-8-5-9-17-30/h3-25H,1H2,2H3/b27-24+. The molecule has 39 heavy (non-hydrogen) atoms. The lowest BCUT2D eigenvalue weighted by Crippen LogP contribution is -1.96. The van der Waals surface area contributed by atoms with E-state index >= 15 is 0 Å². The third-order valence-electron chi connectivity index (χ3n) is 7.71. The number of nitrogens with zero attached hydrogens (tertiary/aromatic N) is 2. The summed E-state index contributed by atoms with van der Waals surface area (Å²) in [6.07, 6.45) is 4.27. The zero-order valence-electron chi connectivity index (χ0n) is 21.9. The second kappa shape index (κ2) is 9.34. The summed E-state index contributed by atoms with van der Waals surface area (Å²) in [6.45, 7) is 6.43. The monoisotopic (exact) mass is 500 g/mol. The number of allylic oxidation sites excluding steroid dienone is 2. The van der Waals surface area contributed by atoms with Crippen molar-refractivity contribution in [2.24, 2.45) is 0 Å². The van der Waals surface area contributed by atoms with E-state index in [1.807, 2.05) is 6.08 Å². The third kappa shape index (κ3) is 3.72. The molecule has 0 radical (unpaired) electrons. The van der Waals surface area contributed by atoms with E-state index in [1.165, 1.54) is 55.3 Å². The smallest absolute Gasteiger partial charge is 0.0541 e. The minimum absolute atomic E-state index is 1.10. The van der Waals surface area contributed by atoms with E-state index < -0.39 is 0 Å². The predicted molar refractivity (Wildman–Crippen MR) is 167 cm³/mol. The highest BCUT2D eigenvalue weighted by atomic mass is 15.0. The van der Waals surface area contributed by atoms with Gasteiger partial charge in [-0.1, -0.05) is 91.5 Å². The molecule has 0 saturated carbocycles. The second-order valence-corrected chi connectivity index (χ2v) is 9.91. The van der Waals surface area contributed by atoms with E-state index in [0.717, 1.165) is 11.1 Å². The van der Waals surface area contributed by atoms with Gasteiger partial charge in [0.1, 0.15) is 0 Å². The first-order valence-electron chi connectivity index (χ1n) is 13.3. The van der Waals surface area contributed by atoms with Gasteiger partial charge in [-0.2, -0.15) is 0 Å². The quantitative estimate of drug-likeness (QED) is 0.208. The highest BCUT2D eigenvalue weighted by Gasteiger charge is 2.16. The van der Waals surface area contributed by atoms with Crippen molar-refractivity contribution in [3.8, 4) is 11.4 Å². The molecule has 2 heterocycles. The molecule has 2 heteroatoms. The molecule has 0 unspecified atom stereocenters. The Bertz CT molecular complexity index is 2020. The molecule has 0 fully saturated rings. The van der Waals surface area contributed by atoms with Crippen molar-refractivity contribution in [2.75, 3.05) is 0 Å². The van der Waals surface area contributed by atoms with Gasteiger partial charge >= 0.3 is 0 Å². The number of rotatable bonds is 5. The van der Waals surface area contributed by atoms with Crippen molar-refractivity contribution in [3.05, 3.63) is 157 Å². The van der Waals surface area contributed by atoms with Crippen molar-refractivity contribution in [2.45, 2.75) is 6.92 Å². The Kier molecular flexibility index (Phi) is 5.53. The second-order valence-electron chi connectivity index (χ2n) is 9.91. The number of fused-ring (bicyclic) bond motifs is 4. The molecule has 2 aromatic heterocycles. The van der Waals surface area contributed by atoms with Crippen LogP contribution in [-0.4, -0.2) is 9.13 Å². The van der Waals surface area contributed by atoms with E-state index in [2.05, 4.69) is 156 Å². The molecule has 7 aromatic rings. The van der Waals surface area contributed by atoms with Gasteiger partial charge in [0.2, 0.25) is 0 Å². The van der Waals surface area contributed by atoms with Crippen molar-refractivity contribution in [1.82, 2.24) is 9.13 Å². The Labute approximate surface area is 228 Å². The fraction of sp³-hybridized carbons (Fsp3) is 0.0270. The van der Waals surface area contributed by atoms with Gasteiger partial charge in [0.25, 0.3) is 0 Å². The summed E-state index contributed by atoms with van der Waals surface area (Å²) in [7, 11) is 0. The zero-order chi connectivity index (χ0) is 26.3. The lowest BCUT2D eigenvalue weighted by molar-refractivity contribution is 1.05. The van der Waals surface area contributed by atoms with Crippen molar-refractivity contribution in [3.63, 3.8) is 0 Å². The van der Waals surface area contributed by atoms with Crippen LogP contribution in [0.5, 0.6) is 0 Å². The number of hydrogen-bond donors (Lipinski definition) is 0. The molecule has 5 aromatic carbocycles. The van der Waals surface area contributed by atoms with Crippen LogP contribution in [-0.2, 0) is 0 Å². The van der Waals surface area contributed by atoms with Crippen molar-refractivity contribution < 1.29 is 0 Å². The number of benzene rings is 5. The van der Waals surface area contributed by atoms with Crippen LogP contribution >= 0.6 is 0 Å². The van der Waals surface area contributed by atoms with E-state index in [-0.39, 0.29) is 0 Å². The van der Waals surface area contributed by atoms with E-state index in [9.17, 15) is 0 Å². The van der Waals surface area contributed by atoms with Gasteiger partial charge < -0.3 is 9.13 Å². The molecule has 0 aliphatic carbocycles. The minimum Gasteiger partial charge on any atom is -0.313 e. The maximum atomic E-state index is 4.22. The maximum Gasteiger partial charge on any atom is 0.0541 e. The average Bonchev–Trinajstić information content (AvgIpc) is 3.47. The SMILES string of the molecule is C=C/C(=C\c1c(C)n(-c2ccccc2)c2ccccc12)c1ccc2c(c1)c1ccccc1n2-c1ccccc1. The van der Waals surface area contributed by atoms with Crippen molar-refractivity contribution >= 4 is 44.4 Å². The fourth-order valence-corrected chi connectivity index (χ4v) is 5.91. The topological polar surface area (TPSA) is 9.86 Å². The Morgan fingerprint density at radius 1 is 0.564 bits per heavy atom. The van der Waals surface area contributed by atoms with Crippen LogP contribution < -0.4 is 0 Å². The van der Waals surface area contributed by atoms with E-state index in [1.54, 1.807) is 0 Å². The minimum atomic E-state index is 1.10. The molecule has 0 spiro atoms. The molecule has 0 amide bonds. The normalized spacial score (nSPS) is 12.0. The van der Waals surface area contributed by atoms with Crippen molar-refractivity contribution in [1.29, 1.82) is 0 Å². The van der Waals surface area contributed by atoms with Crippen LogP contribution in [0.15, 0.2) is 140 Å². The number of aromatic nitrogens is 2. The van der Waals surface area contributed by atoms with Gasteiger partial charge in [-0.05, 0) is 72.7 Å². The molecule has 2 nitrogen and oxygen atoms in total. The molecule has 0 saturated heterocycles. The first-order valence-corrected chi connectivity index (χ1v) is 13.3. The van der Waals surface area contributed by atoms with Gasteiger partial charge in [0, 0.05) is 38.8 Å². The van der Waals surface area contributed by atoms with Crippen LogP contribution in [0.2, 0.25) is 0 Å². The average molecular weight is 501 g/mol. The lowest BCUT2D eigenvalue weighted by atomic mass is 9.99. The van der Waals surface area contributed by atoms with Crippen LogP contribution in [0.3, 0.4) is 0 Å². The van der Waals surface area contributed by atoms with Gasteiger partial charge in [-0.3, -0.25) is 0 Å². The summed E-state index contributed by atoms with van der Waals surface area (Å²) in [5, 5.41) is 3.72. The first kappa shape index (κ1) is 23.1. The molecule has 0 bridgehead atoms. The predicted octanol–water partition coefficient (Wildman–Crippen LogP) is 9.76. The molecular formula is C37H28N2. The lowest BCUT2D eigenvalue weighted by Gasteiger charge is -2.09. The first-order chi connectivity index (χ1) is 19.2. The largest absolute Gasteiger partial charge is 0.313 e.